The van der Waals surface area contributed by atoms with E-state index < -0.39 is 17.3 Å². The number of carbonyl (C=O) groups is 1. The van der Waals surface area contributed by atoms with Crippen LogP contribution < -0.4 is 5.73 Å². The third-order valence-corrected chi connectivity index (χ3v) is 6.54. The summed E-state index contributed by atoms with van der Waals surface area (Å²) in [5, 5.41) is 0. The van der Waals surface area contributed by atoms with Crippen molar-refractivity contribution in [2.45, 2.75) is 39.0 Å². The van der Waals surface area contributed by atoms with E-state index >= 15 is 0 Å². The van der Waals surface area contributed by atoms with Gasteiger partial charge < -0.3 is 19.8 Å². The normalized spacial score (nSPS) is 12.6. The minimum absolute atomic E-state index is 0.0514. The van der Waals surface area contributed by atoms with Gasteiger partial charge in [0.25, 0.3) is 5.91 Å². The Morgan fingerprint density at radius 3 is 2.61 bits per heavy atom. The Labute approximate surface area is 215 Å². The number of ether oxygens (including phenoxy) is 1. The van der Waals surface area contributed by atoms with Crippen LogP contribution in [0.5, 0.6) is 0 Å². The number of amides is 1. The van der Waals surface area contributed by atoms with Crippen LogP contribution in [0.2, 0.25) is 0 Å². The second-order valence-corrected chi connectivity index (χ2v) is 9.80. The molecule has 0 bridgehead atoms. The Balaban J connectivity index is 1.56. The Kier molecular flexibility index (Phi) is 6.02. The van der Waals surface area contributed by atoms with Gasteiger partial charge in [-0.05, 0) is 51.1 Å². The lowest BCUT2D eigenvalue weighted by Crippen LogP contribution is -2.50. The number of hydrogen-bond donors (Lipinski definition) is 1. The van der Waals surface area contributed by atoms with Crippen LogP contribution >= 0.6 is 0 Å². The largest absolute Gasteiger partial charge is 0.417 e. The highest BCUT2D eigenvalue weighted by Crippen LogP contribution is 2.30. The first-order chi connectivity index (χ1) is 17.9. The molecular weight excluding hydrogens is 499 g/mol. The average molecular weight is 526 g/mol. The summed E-state index contributed by atoms with van der Waals surface area (Å²) in [6.07, 6.45) is -0.356. The van der Waals surface area contributed by atoms with Crippen molar-refractivity contribution in [2.24, 2.45) is 0 Å². The molecule has 5 aromatic rings. The molecule has 0 spiro atoms. The number of nitrogens with zero attached hydrogens (tertiary/aromatic N) is 6. The van der Waals surface area contributed by atoms with Crippen LogP contribution in [0.25, 0.3) is 22.2 Å². The highest BCUT2D eigenvalue weighted by molar-refractivity contribution is 5.98. The third kappa shape index (κ3) is 4.40. The van der Waals surface area contributed by atoms with Gasteiger partial charge in [-0.2, -0.15) is 13.2 Å². The Morgan fingerprint density at radius 2 is 1.89 bits per heavy atom. The first kappa shape index (κ1) is 25.5. The minimum Gasteiger partial charge on any atom is -0.382 e. The van der Waals surface area contributed by atoms with Gasteiger partial charge >= 0.3 is 6.18 Å². The zero-order chi connectivity index (χ0) is 27.4. The maximum absolute atomic E-state index is 13.9. The Bertz CT molecular complexity index is 1690. The minimum atomic E-state index is -4.48. The monoisotopic (exact) mass is 525 g/mol. The number of benzene rings is 1. The fourth-order valence-electron chi connectivity index (χ4n) is 4.65. The van der Waals surface area contributed by atoms with Crippen molar-refractivity contribution in [3.05, 3.63) is 71.6 Å². The van der Waals surface area contributed by atoms with Gasteiger partial charge in [-0.1, -0.05) is 0 Å². The van der Waals surface area contributed by atoms with E-state index in [1.54, 1.807) is 33.8 Å². The summed E-state index contributed by atoms with van der Waals surface area (Å²) < 4.78 is 48.0. The predicted octanol–water partition coefficient (Wildman–Crippen LogP) is 4.51. The maximum atomic E-state index is 13.9. The lowest BCUT2D eigenvalue weighted by Gasteiger charge is -2.38. The Hall–Kier alpha value is -4.19. The lowest BCUT2D eigenvalue weighted by molar-refractivity contribution is -0.137. The highest BCUT2D eigenvalue weighted by atomic mass is 19.4. The number of rotatable bonds is 6. The summed E-state index contributed by atoms with van der Waals surface area (Å²) >= 11 is 0. The summed E-state index contributed by atoms with van der Waals surface area (Å²) in [6, 6.07) is 7.41. The fourth-order valence-corrected chi connectivity index (χ4v) is 4.65. The molecule has 0 aliphatic rings. The predicted molar refractivity (Wildman–Crippen MR) is 136 cm³/mol. The first-order valence-corrected chi connectivity index (χ1v) is 11.8. The molecule has 0 saturated heterocycles. The van der Waals surface area contributed by atoms with Crippen LogP contribution in [0.15, 0.2) is 49.1 Å². The number of methoxy groups -OCH3 is 1. The molecule has 9 nitrogen and oxygen atoms in total. The van der Waals surface area contributed by atoms with Crippen LogP contribution in [0.4, 0.5) is 19.0 Å². The van der Waals surface area contributed by atoms with Crippen LogP contribution in [0, 0.1) is 6.92 Å². The SMILES string of the molecule is COCC(C)(C)N(Cc1cn2cc(C(F)(F)F)ccc2n1)C(=O)c1ccc2nc(N)c3c(C)ncn3c2c1. The van der Waals surface area contributed by atoms with Gasteiger partial charge in [-0.3, -0.25) is 9.20 Å². The molecule has 0 saturated carbocycles. The zero-order valence-corrected chi connectivity index (χ0v) is 21.2. The first-order valence-electron chi connectivity index (χ1n) is 11.8. The van der Waals surface area contributed by atoms with Crippen LogP contribution in [-0.2, 0) is 17.5 Å². The molecule has 5 rings (SSSR count). The van der Waals surface area contributed by atoms with Crippen molar-refractivity contribution in [1.82, 2.24) is 28.7 Å². The molecule has 0 atom stereocenters. The van der Waals surface area contributed by atoms with Gasteiger partial charge in [0, 0.05) is 25.1 Å². The number of aromatic nitrogens is 5. The highest BCUT2D eigenvalue weighted by Gasteiger charge is 2.34. The number of imidazole rings is 2. The number of hydrogen-bond acceptors (Lipinski definition) is 6. The van der Waals surface area contributed by atoms with E-state index in [-0.39, 0.29) is 19.1 Å². The summed E-state index contributed by atoms with van der Waals surface area (Å²) in [5.41, 5.74) is 8.40. The maximum Gasteiger partial charge on any atom is 0.417 e. The molecule has 0 aliphatic carbocycles. The quantitative estimate of drug-likeness (QED) is 0.350. The van der Waals surface area contributed by atoms with Crippen molar-refractivity contribution in [3.8, 4) is 0 Å². The molecule has 4 aromatic heterocycles. The van der Waals surface area contributed by atoms with Crippen molar-refractivity contribution >= 4 is 33.9 Å². The van der Waals surface area contributed by atoms with E-state index in [0.29, 0.717) is 39.3 Å². The second kappa shape index (κ2) is 8.98. The van der Waals surface area contributed by atoms with E-state index in [2.05, 4.69) is 15.0 Å². The number of aryl methyl sites for hydroxylation is 1. The van der Waals surface area contributed by atoms with Crippen LogP contribution in [-0.4, -0.2) is 53.8 Å². The summed E-state index contributed by atoms with van der Waals surface area (Å²) in [7, 11) is 1.54. The smallest absolute Gasteiger partial charge is 0.382 e. The summed E-state index contributed by atoms with van der Waals surface area (Å²) in [4.78, 5) is 28.8. The van der Waals surface area contributed by atoms with Crippen molar-refractivity contribution in [3.63, 3.8) is 0 Å². The van der Waals surface area contributed by atoms with Crippen LogP contribution in [0.1, 0.15) is 41.2 Å². The van der Waals surface area contributed by atoms with Crippen LogP contribution in [0.3, 0.4) is 0 Å². The van der Waals surface area contributed by atoms with Crippen molar-refractivity contribution < 1.29 is 22.7 Å². The topological polar surface area (TPSA) is 103 Å². The molecule has 2 N–H and O–H groups in total. The van der Waals surface area contributed by atoms with E-state index in [9.17, 15) is 18.0 Å². The van der Waals surface area contributed by atoms with E-state index in [0.717, 1.165) is 18.0 Å². The molecule has 198 valence electrons. The lowest BCUT2D eigenvalue weighted by atomic mass is 10.0. The summed E-state index contributed by atoms with van der Waals surface area (Å²) in [6.45, 7) is 5.81. The van der Waals surface area contributed by atoms with Gasteiger partial charge in [-0.25, -0.2) is 15.0 Å². The number of carbonyl (C=O) groups excluding carboxylic acids is 1. The number of anilines is 1. The van der Waals surface area contributed by atoms with E-state index in [1.165, 1.54) is 23.8 Å². The third-order valence-electron chi connectivity index (χ3n) is 6.54. The molecule has 1 aromatic carbocycles. The molecule has 0 radical (unpaired) electrons. The molecule has 38 heavy (non-hydrogen) atoms. The number of nitrogens with two attached hydrogens (primary N) is 1. The zero-order valence-electron chi connectivity index (χ0n) is 21.2. The number of pyridine rings is 1. The van der Waals surface area contributed by atoms with Gasteiger partial charge in [0.1, 0.15) is 23.3 Å². The Morgan fingerprint density at radius 1 is 1.13 bits per heavy atom. The van der Waals surface area contributed by atoms with Crippen molar-refractivity contribution in [1.29, 1.82) is 0 Å². The van der Waals surface area contributed by atoms with Gasteiger partial charge in [0.15, 0.2) is 0 Å². The number of alkyl halides is 3. The van der Waals surface area contributed by atoms with Gasteiger partial charge in [0.2, 0.25) is 0 Å². The molecule has 0 unspecified atom stereocenters. The van der Waals surface area contributed by atoms with E-state index in [1.807, 2.05) is 20.8 Å². The molecule has 0 aliphatic heterocycles. The number of halogens is 3. The molecule has 12 heteroatoms. The fraction of sp³-hybridized carbons (Fsp3) is 0.308. The second-order valence-electron chi connectivity index (χ2n) is 9.80. The number of fused-ring (bicyclic) bond motifs is 4. The average Bonchev–Trinajstić information content (AvgIpc) is 3.44. The van der Waals surface area contributed by atoms with Gasteiger partial charge in [-0.15, -0.1) is 0 Å². The molecule has 0 fully saturated rings. The summed E-state index contributed by atoms with van der Waals surface area (Å²) in [5.74, 6) is 0.0405. The molecule has 4 heterocycles. The number of nitrogen functional groups attached to an aromatic ring is 1. The van der Waals surface area contributed by atoms with Gasteiger partial charge in [0.05, 0.1) is 46.7 Å². The molecular formula is C26H26F3N7O2. The van der Waals surface area contributed by atoms with E-state index in [4.69, 9.17) is 10.5 Å². The molecule has 1 amide bonds. The standard InChI is InChI=1S/C26H26F3N7O2/c1-15-22-23(30)33-19-7-5-16(9-20(19)35(22)14-31-15)24(37)36(25(2,3)13-38-4)12-18-11-34-10-17(26(27,28)29)6-8-21(34)32-18/h5-11,14H,12-13H2,1-4H3,(H2,30,33). The van der Waals surface area contributed by atoms with Crippen molar-refractivity contribution in [2.75, 3.05) is 19.5 Å².